The molecule has 10 nitrogen and oxygen atoms in total. The molecule has 220 valence electrons. The highest BCUT2D eigenvalue weighted by molar-refractivity contribution is 7.94. The number of hydrogen-bond donors (Lipinski definition) is 4. The van der Waals surface area contributed by atoms with Gasteiger partial charge in [-0.2, -0.15) is 18.6 Å². The molecular weight excluding hydrogens is 554 g/mol. The fraction of sp³-hybridized carbons (Fsp3) is 0.286. The summed E-state index contributed by atoms with van der Waals surface area (Å²) in [5.41, 5.74) is 1.01. The second-order valence-electron chi connectivity index (χ2n) is 7.54. The molecule has 0 aliphatic carbocycles. The number of rotatable bonds is 5. The van der Waals surface area contributed by atoms with Gasteiger partial charge in [0.05, 0.1) is 23.2 Å². The van der Waals surface area contributed by atoms with Crippen molar-refractivity contribution in [3.63, 3.8) is 0 Å². The van der Waals surface area contributed by atoms with Crippen molar-refractivity contribution in [2.24, 2.45) is 10.2 Å². The lowest BCUT2D eigenvalue weighted by Crippen LogP contribution is -1.90. The van der Waals surface area contributed by atoms with E-state index >= 15 is 0 Å². The van der Waals surface area contributed by atoms with Crippen LogP contribution in [-0.2, 0) is 19.5 Å². The zero-order chi connectivity index (χ0) is 30.6. The van der Waals surface area contributed by atoms with Gasteiger partial charge in [-0.05, 0) is 28.3 Å². The van der Waals surface area contributed by atoms with Gasteiger partial charge in [0, 0.05) is 25.2 Å². The van der Waals surface area contributed by atoms with Crippen molar-refractivity contribution >= 4 is 55.1 Å². The highest BCUT2D eigenvalue weighted by Gasteiger charge is 2.16. The third kappa shape index (κ3) is 13.7. The molecule has 0 amide bonds. The molecule has 0 saturated heterocycles. The van der Waals surface area contributed by atoms with Crippen LogP contribution in [0.4, 0.5) is 11.4 Å². The SMILES string of the molecule is CC.CCC.CN=Nc1c(SOOO)cc2cccc(NC)c2c1O.CS(=O)(=O)O.c1ccc2ccccc2c1. The Morgan fingerprint density at radius 2 is 1.38 bits per heavy atom. The number of hydrogen-bond acceptors (Lipinski definition) is 10. The third-order valence-corrected chi connectivity index (χ3v) is 4.98. The van der Waals surface area contributed by atoms with Gasteiger partial charge in [0.25, 0.3) is 10.1 Å². The molecule has 0 unspecified atom stereocenters. The van der Waals surface area contributed by atoms with Gasteiger partial charge < -0.3 is 10.4 Å². The van der Waals surface area contributed by atoms with Crippen molar-refractivity contribution in [2.45, 2.75) is 39.0 Å². The highest BCUT2D eigenvalue weighted by atomic mass is 32.2. The second-order valence-corrected chi connectivity index (χ2v) is 9.75. The molecule has 0 bridgehead atoms. The number of nitrogens with one attached hydrogen (secondary N) is 1. The van der Waals surface area contributed by atoms with Crippen molar-refractivity contribution in [1.82, 2.24) is 0 Å². The number of phenolic OH excluding ortho intramolecular Hbond substituents is 1. The molecule has 0 radical (unpaired) electrons. The maximum Gasteiger partial charge on any atom is 0.261 e. The van der Waals surface area contributed by atoms with Gasteiger partial charge in [0.15, 0.2) is 5.75 Å². The Balaban J connectivity index is 0.000000628. The van der Waals surface area contributed by atoms with E-state index in [-0.39, 0.29) is 11.4 Å². The molecule has 40 heavy (non-hydrogen) atoms. The molecule has 4 aromatic rings. The summed E-state index contributed by atoms with van der Waals surface area (Å²) in [6, 6.07) is 24.0. The van der Waals surface area contributed by atoms with Crippen LogP contribution in [0.3, 0.4) is 0 Å². The van der Waals surface area contributed by atoms with Crippen LogP contribution in [0.5, 0.6) is 5.75 Å². The van der Waals surface area contributed by atoms with Crippen LogP contribution < -0.4 is 5.32 Å². The number of fused-ring (bicyclic) bond motifs is 2. The molecule has 0 aliphatic rings. The minimum absolute atomic E-state index is 0.0258. The van der Waals surface area contributed by atoms with E-state index in [1.807, 2.05) is 32.0 Å². The van der Waals surface area contributed by atoms with E-state index in [2.05, 4.69) is 87.3 Å². The van der Waals surface area contributed by atoms with Crippen molar-refractivity contribution in [3.8, 4) is 5.75 Å². The number of anilines is 1. The quantitative estimate of drug-likeness (QED) is 0.0587. The van der Waals surface area contributed by atoms with E-state index in [0.29, 0.717) is 16.5 Å². The molecule has 0 aromatic heterocycles. The Kier molecular flexibility index (Phi) is 18.9. The summed E-state index contributed by atoms with van der Waals surface area (Å²) in [6.07, 6.45) is 1.97. The molecule has 0 saturated carbocycles. The first kappa shape index (κ1) is 36.7. The van der Waals surface area contributed by atoms with E-state index in [1.165, 1.54) is 24.2 Å². The van der Waals surface area contributed by atoms with Crippen LogP contribution in [0.1, 0.15) is 34.1 Å². The van der Waals surface area contributed by atoms with Crippen LogP contribution in [0, 0.1) is 0 Å². The molecule has 0 aliphatic heterocycles. The first-order valence-electron chi connectivity index (χ1n) is 12.4. The zero-order valence-corrected chi connectivity index (χ0v) is 25.5. The van der Waals surface area contributed by atoms with Crippen LogP contribution in [-0.4, -0.2) is 43.7 Å². The fourth-order valence-corrected chi connectivity index (χ4v) is 3.55. The monoisotopic (exact) mass is 593 g/mol. The molecule has 0 atom stereocenters. The summed E-state index contributed by atoms with van der Waals surface area (Å²) >= 11 is 0.723. The summed E-state index contributed by atoms with van der Waals surface area (Å²) in [6.45, 7) is 8.25. The van der Waals surface area contributed by atoms with Crippen LogP contribution in [0.25, 0.3) is 21.5 Å². The van der Waals surface area contributed by atoms with Gasteiger partial charge in [-0.15, -0.1) is 4.33 Å². The molecule has 12 heteroatoms. The molecule has 4 aromatic carbocycles. The van der Waals surface area contributed by atoms with Crippen molar-refractivity contribution in [3.05, 3.63) is 72.8 Å². The van der Waals surface area contributed by atoms with E-state index in [0.717, 1.165) is 23.1 Å². The van der Waals surface area contributed by atoms with E-state index in [4.69, 9.17) is 9.81 Å². The summed E-state index contributed by atoms with van der Waals surface area (Å²) in [4.78, 5) is 0.461. The van der Waals surface area contributed by atoms with E-state index in [9.17, 15) is 13.5 Å². The summed E-state index contributed by atoms with van der Waals surface area (Å²) in [5, 5.41) is 36.8. The zero-order valence-electron chi connectivity index (χ0n) is 23.8. The Hall–Kier alpha value is -3.26. The maximum atomic E-state index is 10.4. The van der Waals surface area contributed by atoms with Gasteiger partial charge in [-0.25, -0.2) is 5.26 Å². The minimum atomic E-state index is -3.67. The molecule has 0 spiro atoms. The lowest BCUT2D eigenvalue weighted by Gasteiger charge is -2.12. The number of benzene rings is 4. The molecule has 4 N–H and O–H groups in total. The van der Waals surface area contributed by atoms with E-state index in [1.54, 1.807) is 13.1 Å². The number of nitrogens with zero attached hydrogens (tertiary/aromatic N) is 2. The topological polar surface area (TPSA) is 150 Å². The van der Waals surface area contributed by atoms with Gasteiger partial charge in [0.1, 0.15) is 5.69 Å². The molecule has 4 rings (SSSR count). The molecule has 0 heterocycles. The second kappa shape index (κ2) is 20.6. The average molecular weight is 594 g/mol. The fourth-order valence-electron chi connectivity index (χ4n) is 3.05. The van der Waals surface area contributed by atoms with Gasteiger partial charge >= 0.3 is 0 Å². The smallest absolute Gasteiger partial charge is 0.261 e. The van der Waals surface area contributed by atoms with Gasteiger partial charge in [0.2, 0.25) is 0 Å². The van der Waals surface area contributed by atoms with Gasteiger partial charge in [-0.1, -0.05) is 99.8 Å². The number of phenols is 1. The Bertz CT molecular complexity index is 1340. The Morgan fingerprint density at radius 3 is 1.77 bits per heavy atom. The van der Waals surface area contributed by atoms with Crippen LogP contribution >= 0.6 is 12.0 Å². The van der Waals surface area contributed by atoms with Gasteiger partial charge in [-0.3, -0.25) is 4.55 Å². The van der Waals surface area contributed by atoms with Crippen molar-refractivity contribution < 1.29 is 32.7 Å². The standard InChI is InChI=1S/C12H13N3O4S.C10H8.C3H8.C2H6.CH4O3S/c1-13-8-5-3-4-7-6-9(20-19-18-17)11(15-14-2)12(16)10(7)8;1-2-6-10-8-4-3-7-9(10)5-1;1-3-2;1-2;1-5(2,3)4/h3-6,13,16-17H,1-2H3;1-8H;3H2,1-2H3;1-2H3;1H3,(H,2,3,4). The number of aromatic hydroxyl groups is 1. The number of azo groups is 1. The Morgan fingerprint density at radius 1 is 0.925 bits per heavy atom. The molecule has 0 fully saturated rings. The normalized spacial score (nSPS) is 10.2. The van der Waals surface area contributed by atoms with Crippen molar-refractivity contribution in [2.75, 3.05) is 25.7 Å². The first-order chi connectivity index (χ1) is 19.1. The molecular formula is C28H39N3O7S2. The summed E-state index contributed by atoms with van der Waals surface area (Å²) in [5.74, 6) is -0.0258. The largest absolute Gasteiger partial charge is 0.505 e. The summed E-state index contributed by atoms with van der Waals surface area (Å²) < 4.78 is 30.3. The van der Waals surface area contributed by atoms with Crippen LogP contribution in [0.2, 0.25) is 0 Å². The van der Waals surface area contributed by atoms with Crippen molar-refractivity contribution in [1.29, 1.82) is 0 Å². The lowest BCUT2D eigenvalue weighted by atomic mass is 10.1. The maximum absolute atomic E-state index is 10.4. The Labute approximate surface area is 240 Å². The minimum Gasteiger partial charge on any atom is -0.505 e. The third-order valence-electron chi connectivity index (χ3n) is 4.36. The van der Waals surface area contributed by atoms with Crippen LogP contribution in [0.15, 0.2) is 87.9 Å². The highest BCUT2D eigenvalue weighted by Crippen LogP contribution is 2.45. The predicted molar refractivity (Wildman–Crippen MR) is 165 cm³/mol. The first-order valence-corrected chi connectivity index (χ1v) is 15.0. The summed E-state index contributed by atoms with van der Waals surface area (Å²) in [7, 11) is -0.411. The van der Waals surface area contributed by atoms with E-state index < -0.39 is 10.1 Å². The lowest BCUT2D eigenvalue weighted by molar-refractivity contribution is -0.432. The average Bonchev–Trinajstić information content (AvgIpc) is 2.94. The predicted octanol–water partition coefficient (Wildman–Crippen LogP) is 8.52.